The van der Waals surface area contributed by atoms with E-state index in [1.54, 1.807) is 12.3 Å². The molecule has 8 heteroatoms. The van der Waals surface area contributed by atoms with Gasteiger partial charge in [-0.2, -0.15) is 0 Å². The van der Waals surface area contributed by atoms with Gasteiger partial charge in [-0.25, -0.2) is 0 Å². The van der Waals surface area contributed by atoms with Crippen molar-refractivity contribution in [2.24, 2.45) is 0 Å². The van der Waals surface area contributed by atoms with Gasteiger partial charge in [0, 0.05) is 24.6 Å². The summed E-state index contributed by atoms with van der Waals surface area (Å²) >= 11 is 0. The summed E-state index contributed by atoms with van der Waals surface area (Å²) in [5.41, 5.74) is 1.33. The van der Waals surface area contributed by atoms with Crippen molar-refractivity contribution >= 4 is 5.91 Å². The Morgan fingerprint density at radius 3 is 2.76 bits per heavy atom. The molecule has 3 aromatic rings. The van der Waals surface area contributed by atoms with Crippen LogP contribution in [0.15, 0.2) is 53.5 Å². The first-order valence-corrected chi connectivity index (χ1v) is 9.41. The van der Waals surface area contributed by atoms with Crippen LogP contribution in [0, 0.1) is 0 Å². The van der Waals surface area contributed by atoms with Gasteiger partial charge in [-0.15, -0.1) is 10.2 Å². The van der Waals surface area contributed by atoms with E-state index >= 15 is 0 Å². The van der Waals surface area contributed by atoms with Gasteiger partial charge in [0.05, 0.1) is 18.3 Å². The zero-order chi connectivity index (χ0) is 20.6. The summed E-state index contributed by atoms with van der Waals surface area (Å²) in [6.45, 7) is 4.22. The Hall–Kier alpha value is -3.55. The number of H-pyrrole nitrogens is 1. The SMILES string of the molecule is CC(C)Oc1cccc(-c2nnc(CCC(=O)NCc3ccccn3)c(=O)[nH]2)c1. The first-order valence-electron chi connectivity index (χ1n) is 9.41. The molecule has 0 saturated heterocycles. The van der Waals surface area contributed by atoms with Crippen molar-refractivity contribution in [3.8, 4) is 17.1 Å². The number of hydrogen-bond acceptors (Lipinski definition) is 6. The Morgan fingerprint density at radius 1 is 1.17 bits per heavy atom. The van der Waals surface area contributed by atoms with E-state index in [0.29, 0.717) is 23.7 Å². The average molecular weight is 393 g/mol. The van der Waals surface area contributed by atoms with E-state index in [2.05, 4.69) is 25.5 Å². The van der Waals surface area contributed by atoms with Crippen LogP contribution in [0.5, 0.6) is 5.75 Å². The Bertz CT molecular complexity index is 1020. The summed E-state index contributed by atoms with van der Waals surface area (Å²) in [5.74, 6) is 0.862. The van der Waals surface area contributed by atoms with Crippen LogP contribution in [0.4, 0.5) is 0 Å². The lowest BCUT2D eigenvalue weighted by Crippen LogP contribution is -2.25. The minimum atomic E-state index is -0.359. The number of nitrogens with one attached hydrogen (secondary N) is 2. The van der Waals surface area contributed by atoms with Crippen LogP contribution < -0.4 is 15.6 Å². The van der Waals surface area contributed by atoms with Crippen molar-refractivity contribution < 1.29 is 9.53 Å². The number of aryl methyl sites for hydroxylation is 1. The van der Waals surface area contributed by atoms with Crippen molar-refractivity contribution in [3.05, 3.63) is 70.4 Å². The molecule has 1 amide bonds. The van der Waals surface area contributed by atoms with Crippen LogP contribution in [-0.2, 0) is 17.8 Å². The molecule has 0 unspecified atom stereocenters. The second-order valence-corrected chi connectivity index (χ2v) is 6.74. The lowest BCUT2D eigenvalue weighted by molar-refractivity contribution is -0.121. The standard InChI is InChI=1S/C21H23N5O3/c1-14(2)29-17-8-5-6-15(12-17)20-24-21(28)18(25-26-20)9-10-19(27)23-13-16-7-3-4-11-22-16/h3-8,11-12,14H,9-10,13H2,1-2H3,(H,23,27)(H,24,26,28). The Labute approximate surface area is 168 Å². The van der Waals surface area contributed by atoms with Gasteiger partial charge in [0.1, 0.15) is 11.4 Å². The van der Waals surface area contributed by atoms with E-state index in [1.165, 1.54) is 0 Å². The maximum atomic E-state index is 12.3. The van der Waals surface area contributed by atoms with Crippen LogP contribution in [0.1, 0.15) is 31.7 Å². The predicted octanol–water partition coefficient (Wildman–Crippen LogP) is 2.26. The number of hydrogen-bond donors (Lipinski definition) is 2. The molecular weight excluding hydrogens is 370 g/mol. The van der Waals surface area contributed by atoms with Gasteiger partial charge < -0.3 is 15.0 Å². The van der Waals surface area contributed by atoms with E-state index in [0.717, 1.165) is 5.69 Å². The highest BCUT2D eigenvalue weighted by molar-refractivity contribution is 5.76. The average Bonchev–Trinajstić information content (AvgIpc) is 2.72. The third-order valence-electron chi connectivity index (χ3n) is 4.03. The summed E-state index contributed by atoms with van der Waals surface area (Å²) in [6.07, 6.45) is 2.05. The van der Waals surface area contributed by atoms with Crippen molar-refractivity contribution in [1.82, 2.24) is 25.5 Å². The molecular formula is C21H23N5O3. The van der Waals surface area contributed by atoms with Gasteiger partial charge in [0.15, 0.2) is 5.82 Å². The number of amides is 1. The lowest BCUT2D eigenvalue weighted by Gasteiger charge is -2.10. The molecule has 8 nitrogen and oxygen atoms in total. The van der Waals surface area contributed by atoms with Crippen LogP contribution in [0.3, 0.4) is 0 Å². The number of benzene rings is 1. The number of ether oxygens (including phenoxy) is 1. The number of aromatic nitrogens is 4. The third-order valence-corrected chi connectivity index (χ3v) is 4.03. The monoisotopic (exact) mass is 393 g/mol. The van der Waals surface area contributed by atoms with Crippen molar-refractivity contribution in [2.45, 2.75) is 39.3 Å². The van der Waals surface area contributed by atoms with Gasteiger partial charge in [0.25, 0.3) is 5.56 Å². The maximum absolute atomic E-state index is 12.3. The molecule has 1 aromatic carbocycles. The van der Waals surface area contributed by atoms with Crippen molar-refractivity contribution in [3.63, 3.8) is 0 Å². The number of aromatic amines is 1. The minimum Gasteiger partial charge on any atom is -0.491 e. The minimum absolute atomic E-state index is 0.0431. The fourth-order valence-electron chi connectivity index (χ4n) is 2.65. The van der Waals surface area contributed by atoms with Crippen LogP contribution >= 0.6 is 0 Å². The highest BCUT2D eigenvalue weighted by Crippen LogP contribution is 2.20. The molecule has 0 fully saturated rings. The summed E-state index contributed by atoms with van der Waals surface area (Å²) < 4.78 is 5.66. The van der Waals surface area contributed by atoms with Gasteiger partial charge in [-0.1, -0.05) is 18.2 Å². The Kier molecular flexibility index (Phi) is 6.67. The first kappa shape index (κ1) is 20.2. The summed E-state index contributed by atoms with van der Waals surface area (Å²) in [6, 6.07) is 12.8. The molecule has 150 valence electrons. The zero-order valence-corrected chi connectivity index (χ0v) is 16.4. The highest BCUT2D eigenvalue weighted by Gasteiger charge is 2.10. The summed E-state index contributed by atoms with van der Waals surface area (Å²) in [7, 11) is 0. The normalized spacial score (nSPS) is 10.7. The molecule has 2 N–H and O–H groups in total. The molecule has 2 heterocycles. The molecule has 0 saturated carbocycles. The molecule has 2 aromatic heterocycles. The van der Waals surface area contributed by atoms with E-state index in [1.807, 2.05) is 50.2 Å². The van der Waals surface area contributed by atoms with Gasteiger partial charge >= 0.3 is 0 Å². The van der Waals surface area contributed by atoms with Crippen LogP contribution in [0.25, 0.3) is 11.4 Å². The van der Waals surface area contributed by atoms with E-state index in [9.17, 15) is 9.59 Å². The largest absolute Gasteiger partial charge is 0.491 e. The smallest absolute Gasteiger partial charge is 0.273 e. The summed E-state index contributed by atoms with van der Waals surface area (Å²) in [5, 5.41) is 10.9. The van der Waals surface area contributed by atoms with E-state index < -0.39 is 0 Å². The molecule has 29 heavy (non-hydrogen) atoms. The van der Waals surface area contributed by atoms with Gasteiger partial charge in [-0.05, 0) is 38.1 Å². The predicted molar refractivity (Wildman–Crippen MR) is 108 cm³/mol. The third kappa shape index (κ3) is 5.97. The molecule has 0 radical (unpaired) electrons. The summed E-state index contributed by atoms with van der Waals surface area (Å²) in [4.78, 5) is 31.2. The number of carbonyl (C=O) groups is 1. The molecule has 0 aliphatic heterocycles. The van der Waals surface area contributed by atoms with Crippen molar-refractivity contribution in [1.29, 1.82) is 0 Å². The van der Waals surface area contributed by atoms with E-state index in [4.69, 9.17) is 4.74 Å². The Balaban J connectivity index is 1.59. The molecule has 3 rings (SSSR count). The lowest BCUT2D eigenvalue weighted by atomic mass is 10.2. The fourth-order valence-corrected chi connectivity index (χ4v) is 2.65. The quantitative estimate of drug-likeness (QED) is 0.607. The molecule has 0 aliphatic rings. The fraction of sp³-hybridized carbons (Fsp3) is 0.286. The number of carbonyl (C=O) groups excluding carboxylic acids is 1. The van der Waals surface area contributed by atoms with Crippen molar-refractivity contribution in [2.75, 3.05) is 0 Å². The second-order valence-electron chi connectivity index (χ2n) is 6.74. The van der Waals surface area contributed by atoms with Gasteiger partial charge in [-0.3, -0.25) is 14.6 Å². The van der Waals surface area contributed by atoms with Crippen LogP contribution in [0.2, 0.25) is 0 Å². The number of pyridine rings is 1. The topological polar surface area (TPSA) is 110 Å². The van der Waals surface area contributed by atoms with E-state index in [-0.39, 0.29) is 36.1 Å². The Morgan fingerprint density at radius 2 is 2.03 bits per heavy atom. The molecule has 0 bridgehead atoms. The molecule has 0 spiro atoms. The maximum Gasteiger partial charge on any atom is 0.273 e. The second kappa shape index (κ2) is 9.59. The first-order chi connectivity index (χ1) is 14.0. The molecule has 0 aliphatic carbocycles. The number of rotatable bonds is 8. The number of nitrogens with zero attached hydrogens (tertiary/aromatic N) is 3. The molecule has 0 atom stereocenters. The van der Waals surface area contributed by atoms with Crippen LogP contribution in [-0.4, -0.2) is 32.2 Å². The van der Waals surface area contributed by atoms with Gasteiger partial charge in [0.2, 0.25) is 5.91 Å². The highest BCUT2D eigenvalue weighted by atomic mass is 16.5. The zero-order valence-electron chi connectivity index (χ0n) is 16.4.